The number of halogens is 2. The smallest absolute Gasteiger partial charge is 0.307 e. The second-order valence-corrected chi connectivity index (χ2v) is 4.76. The number of esters is 1. The highest BCUT2D eigenvalue weighted by molar-refractivity contribution is 9.10. The number of nitrogens with one attached hydrogen (secondary N) is 1. The lowest BCUT2D eigenvalue weighted by atomic mass is 10.1. The average Bonchev–Trinajstić information content (AvgIpc) is 2.25. The number of methoxy groups -OCH3 is 1. The van der Waals surface area contributed by atoms with Gasteiger partial charge in [0.15, 0.2) is 0 Å². The van der Waals surface area contributed by atoms with Crippen molar-refractivity contribution in [2.75, 3.05) is 12.4 Å². The van der Waals surface area contributed by atoms with Gasteiger partial charge in [-0.25, -0.2) is 4.39 Å². The van der Waals surface area contributed by atoms with Gasteiger partial charge in [-0.3, -0.25) is 4.79 Å². The molecule has 0 radical (unpaired) electrons. The van der Waals surface area contributed by atoms with Crippen LogP contribution in [0, 0.1) is 12.7 Å². The van der Waals surface area contributed by atoms with Gasteiger partial charge in [-0.05, 0) is 47.5 Å². The molecule has 1 aromatic carbocycles. The number of rotatable bonds is 4. The Balaban J connectivity index is 2.74. The Morgan fingerprint density at radius 2 is 2.24 bits per heavy atom. The fourth-order valence-corrected chi connectivity index (χ4v) is 1.91. The van der Waals surface area contributed by atoms with Crippen LogP contribution in [0.3, 0.4) is 0 Å². The van der Waals surface area contributed by atoms with E-state index in [9.17, 15) is 9.18 Å². The second-order valence-electron chi connectivity index (χ2n) is 3.91. The standard InChI is InChI=1S/C12H15BrFNO2/c1-7-4-9(13)10(14)6-11(7)15-8(2)5-12(16)17-3/h4,6,8,15H,5H2,1-3H3. The van der Waals surface area contributed by atoms with E-state index in [1.165, 1.54) is 13.2 Å². The number of carbonyl (C=O) groups is 1. The summed E-state index contributed by atoms with van der Waals surface area (Å²) in [7, 11) is 1.35. The van der Waals surface area contributed by atoms with Crippen LogP contribution in [0.25, 0.3) is 0 Å². The normalized spacial score (nSPS) is 12.1. The van der Waals surface area contributed by atoms with Gasteiger partial charge in [0.1, 0.15) is 5.82 Å². The Labute approximate surface area is 108 Å². The molecule has 3 nitrogen and oxygen atoms in total. The maximum atomic E-state index is 13.4. The summed E-state index contributed by atoms with van der Waals surface area (Å²) < 4.78 is 18.4. The summed E-state index contributed by atoms with van der Waals surface area (Å²) in [4.78, 5) is 11.1. The summed E-state index contributed by atoms with van der Waals surface area (Å²) in [5, 5.41) is 3.08. The predicted molar refractivity (Wildman–Crippen MR) is 68.6 cm³/mol. The van der Waals surface area contributed by atoms with Crippen molar-refractivity contribution in [3.8, 4) is 0 Å². The van der Waals surface area contributed by atoms with Crippen LogP contribution in [-0.2, 0) is 9.53 Å². The molecule has 5 heteroatoms. The Morgan fingerprint density at radius 3 is 2.82 bits per heavy atom. The van der Waals surface area contributed by atoms with E-state index in [0.717, 1.165) is 5.56 Å². The number of ether oxygens (including phenoxy) is 1. The largest absolute Gasteiger partial charge is 0.469 e. The lowest BCUT2D eigenvalue weighted by Gasteiger charge is -2.16. The first-order valence-electron chi connectivity index (χ1n) is 5.23. The molecule has 0 aliphatic rings. The Hall–Kier alpha value is -1.10. The highest BCUT2D eigenvalue weighted by atomic mass is 79.9. The van der Waals surface area contributed by atoms with Crippen molar-refractivity contribution in [3.05, 3.63) is 28.0 Å². The highest BCUT2D eigenvalue weighted by Gasteiger charge is 2.11. The lowest BCUT2D eigenvalue weighted by Crippen LogP contribution is -2.20. The first kappa shape index (κ1) is 14.0. The van der Waals surface area contributed by atoms with Crippen LogP contribution in [0.5, 0.6) is 0 Å². The van der Waals surface area contributed by atoms with Gasteiger partial charge < -0.3 is 10.1 Å². The quantitative estimate of drug-likeness (QED) is 0.868. The summed E-state index contributed by atoms with van der Waals surface area (Å²) in [5.74, 6) is -0.622. The summed E-state index contributed by atoms with van der Waals surface area (Å²) in [6, 6.07) is 3.00. The SMILES string of the molecule is COC(=O)CC(C)Nc1cc(F)c(Br)cc1C. The van der Waals surface area contributed by atoms with Gasteiger partial charge in [-0.2, -0.15) is 0 Å². The van der Waals surface area contributed by atoms with E-state index in [0.29, 0.717) is 10.2 Å². The molecule has 0 heterocycles. The second kappa shape index (κ2) is 6.00. The number of anilines is 1. The molecule has 1 unspecified atom stereocenters. The fraction of sp³-hybridized carbons (Fsp3) is 0.417. The van der Waals surface area contributed by atoms with E-state index in [2.05, 4.69) is 26.0 Å². The third kappa shape index (κ3) is 4.00. The maximum Gasteiger partial charge on any atom is 0.307 e. The zero-order valence-electron chi connectivity index (χ0n) is 10.0. The van der Waals surface area contributed by atoms with Gasteiger partial charge in [-0.15, -0.1) is 0 Å². The molecule has 1 aromatic rings. The molecule has 1 N–H and O–H groups in total. The molecule has 0 fully saturated rings. The number of benzene rings is 1. The van der Waals surface area contributed by atoms with Gasteiger partial charge in [0.25, 0.3) is 0 Å². The van der Waals surface area contributed by atoms with Gasteiger partial charge in [-0.1, -0.05) is 0 Å². The maximum absolute atomic E-state index is 13.4. The Morgan fingerprint density at radius 1 is 1.59 bits per heavy atom. The summed E-state index contributed by atoms with van der Waals surface area (Å²) in [5.41, 5.74) is 1.59. The molecule has 0 amide bonds. The first-order chi connectivity index (χ1) is 7.93. The van der Waals surface area contributed by atoms with Crippen molar-refractivity contribution >= 4 is 27.6 Å². The molecule has 1 atom stereocenters. The highest BCUT2D eigenvalue weighted by Crippen LogP contribution is 2.24. The van der Waals surface area contributed by atoms with Crippen molar-refractivity contribution in [1.82, 2.24) is 0 Å². The minimum atomic E-state index is -0.330. The van der Waals surface area contributed by atoms with E-state index in [4.69, 9.17) is 0 Å². The molecule has 0 aliphatic heterocycles. The number of carbonyl (C=O) groups excluding carboxylic acids is 1. The van der Waals surface area contributed by atoms with Crippen molar-refractivity contribution in [2.24, 2.45) is 0 Å². The van der Waals surface area contributed by atoms with Crippen molar-refractivity contribution < 1.29 is 13.9 Å². The molecule has 0 aliphatic carbocycles. The molecule has 0 saturated carbocycles. The van der Waals surface area contributed by atoms with Gasteiger partial charge in [0.2, 0.25) is 0 Å². The third-order valence-corrected chi connectivity index (χ3v) is 2.98. The van der Waals surface area contributed by atoms with E-state index in [1.807, 2.05) is 13.8 Å². The molecule has 0 aromatic heterocycles. The van der Waals surface area contributed by atoms with E-state index in [-0.39, 0.29) is 24.2 Å². The van der Waals surface area contributed by atoms with Crippen LogP contribution in [0.15, 0.2) is 16.6 Å². The number of aryl methyl sites for hydroxylation is 1. The molecule has 17 heavy (non-hydrogen) atoms. The molecule has 94 valence electrons. The molecule has 0 spiro atoms. The van der Waals surface area contributed by atoms with Gasteiger partial charge in [0, 0.05) is 11.7 Å². The fourth-order valence-electron chi connectivity index (χ4n) is 1.45. The minimum absolute atomic E-state index is 0.110. The topological polar surface area (TPSA) is 38.3 Å². The predicted octanol–water partition coefficient (Wildman–Crippen LogP) is 3.26. The van der Waals surface area contributed by atoms with Crippen molar-refractivity contribution in [1.29, 1.82) is 0 Å². The summed E-state index contributed by atoms with van der Waals surface area (Å²) >= 11 is 3.12. The number of hydrogen-bond donors (Lipinski definition) is 1. The number of hydrogen-bond acceptors (Lipinski definition) is 3. The summed E-state index contributed by atoms with van der Waals surface area (Å²) in [6.45, 7) is 3.72. The van der Waals surface area contributed by atoms with Crippen LogP contribution in [-0.4, -0.2) is 19.1 Å². The molecule has 0 saturated heterocycles. The Kier molecular flexibility index (Phi) is 4.93. The molecular weight excluding hydrogens is 289 g/mol. The molecule has 1 rings (SSSR count). The zero-order chi connectivity index (χ0) is 13.0. The Bertz CT molecular complexity index is 423. The minimum Gasteiger partial charge on any atom is -0.469 e. The molecule has 0 bridgehead atoms. The third-order valence-electron chi connectivity index (χ3n) is 2.37. The average molecular weight is 304 g/mol. The van der Waals surface area contributed by atoms with Crippen LogP contribution in [0.2, 0.25) is 0 Å². The monoisotopic (exact) mass is 303 g/mol. The molecular formula is C12H15BrFNO2. The van der Waals surface area contributed by atoms with Crippen LogP contribution < -0.4 is 5.32 Å². The van der Waals surface area contributed by atoms with Gasteiger partial charge >= 0.3 is 5.97 Å². The van der Waals surface area contributed by atoms with E-state index >= 15 is 0 Å². The van der Waals surface area contributed by atoms with Crippen LogP contribution in [0.1, 0.15) is 18.9 Å². The van der Waals surface area contributed by atoms with E-state index < -0.39 is 0 Å². The van der Waals surface area contributed by atoms with Crippen molar-refractivity contribution in [2.45, 2.75) is 26.3 Å². The first-order valence-corrected chi connectivity index (χ1v) is 6.02. The van der Waals surface area contributed by atoms with E-state index in [1.54, 1.807) is 6.07 Å². The van der Waals surface area contributed by atoms with Crippen molar-refractivity contribution in [3.63, 3.8) is 0 Å². The summed E-state index contributed by atoms with van der Waals surface area (Å²) in [6.07, 6.45) is 0.244. The lowest BCUT2D eigenvalue weighted by molar-refractivity contribution is -0.140. The van der Waals surface area contributed by atoms with Crippen LogP contribution in [0.4, 0.5) is 10.1 Å². The van der Waals surface area contributed by atoms with Gasteiger partial charge in [0.05, 0.1) is 18.0 Å². The van der Waals surface area contributed by atoms with Crippen LogP contribution >= 0.6 is 15.9 Å². The zero-order valence-corrected chi connectivity index (χ0v) is 11.6.